The Morgan fingerprint density at radius 3 is 2.46 bits per heavy atom. The van der Waals surface area contributed by atoms with Crippen LogP contribution in [0.15, 0.2) is 42.5 Å². The summed E-state index contributed by atoms with van der Waals surface area (Å²) < 4.78 is 5.18. The van der Waals surface area contributed by atoms with E-state index >= 15 is 0 Å². The number of alkyl carbamates (subject to hydrolysis) is 1. The molecule has 0 spiro atoms. The number of anilines is 1. The summed E-state index contributed by atoms with van der Waals surface area (Å²) in [5.41, 5.74) is 5.07. The van der Waals surface area contributed by atoms with Crippen LogP contribution in [0.5, 0.6) is 0 Å². The van der Waals surface area contributed by atoms with Crippen molar-refractivity contribution in [3.05, 3.63) is 53.6 Å². The third kappa shape index (κ3) is 4.04. The minimum absolute atomic E-state index is 0.286. The Kier molecular flexibility index (Phi) is 4.72. The van der Waals surface area contributed by atoms with Crippen molar-refractivity contribution in [2.45, 2.75) is 45.8 Å². The molecule has 1 unspecified atom stereocenters. The number of benzene rings is 2. The van der Waals surface area contributed by atoms with Gasteiger partial charge < -0.3 is 15.4 Å². The van der Waals surface area contributed by atoms with Gasteiger partial charge in [0.05, 0.1) is 0 Å². The summed E-state index contributed by atoms with van der Waals surface area (Å²) in [6.45, 7) is 6.96. The fraction of sp³-hybridized carbons (Fsp3) is 0.333. The van der Waals surface area contributed by atoms with Gasteiger partial charge in [-0.05, 0) is 68.5 Å². The molecule has 2 aromatic rings. The molecule has 136 valence electrons. The Morgan fingerprint density at radius 1 is 1.04 bits per heavy atom. The first-order chi connectivity index (χ1) is 12.2. The Bertz CT molecular complexity index is 853. The second kappa shape index (κ2) is 6.83. The maximum absolute atomic E-state index is 12.4. The van der Waals surface area contributed by atoms with Crippen molar-refractivity contribution in [2.24, 2.45) is 0 Å². The molecule has 1 atom stereocenters. The minimum Gasteiger partial charge on any atom is -0.444 e. The Morgan fingerprint density at radius 2 is 1.73 bits per heavy atom. The second-order valence-corrected chi connectivity index (χ2v) is 7.56. The predicted molar refractivity (Wildman–Crippen MR) is 102 cm³/mol. The normalized spacial score (nSPS) is 13.4. The first kappa shape index (κ1) is 18.0. The first-order valence-corrected chi connectivity index (χ1v) is 8.74. The number of amides is 2. The lowest BCUT2D eigenvalue weighted by atomic mass is 10.1. The van der Waals surface area contributed by atoms with Crippen LogP contribution in [0.3, 0.4) is 0 Å². The van der Waals surface area contributed by atoms with E-state index in [1.807, 2.05) is 30.3 Å². The maximum Gasteiger partial charge on any atom is 0.408 e. The summed E-state index contributed by atoms with van der Waals surface area (Å²) in [7, 11) is 0. The molecule has 0 heterocycles. The zero-order chi connectivity index (χ0) is 18.9. The van der Waals surface area contributed by atoms with E-state index in [1.54, 1.807) is 27.7 Å². The Labute approximate surface area is 153 Å². The predicted octanol–water partition coefficient (Wildman–Crippen LogP) is 4.11. The van der Waals surface area contributed by atoms with Crippen molar-refractivity contribution < 1.29 is 14.3 Å². The van der Waals surface area contributed by atoms with Crippen LogP contribution < -0.4 is 10.6 Å². The molecule has 0 bridgehead atoms. The van der Waals surface area contributed by atoms with Gasteiger partial charge in [0.15, 0.2) is 0 Å². The van der Waals surface area contributed by atoms with E-state index in [2.05, 4.69) is 22.8 Å². The van der Waals surface area contributed by atoms with Gasteiger partial charge in [0.1, 0.15) is 11.6 Å². The number of rotatable bonds is 3. The molecular formula is C21H24N2O3. The highest BCUT2D eigenvalue weighted by Crippen LogP contribution is 2.37. The lowest BCUT2D eigenvalue weighted by Gasteiger charge is -2.21. The summed E-state index contributed by atoms with van der Waals surface area (Å²) >= 11 is 0. The van der Waals surface area contributed by atoms with Gasteiger partial charge in [0.2, 0.25) is 5.91 Å². The molecule has 2 amide bonds. The number of fused-ring (bicyclic) bond motifs is 3. The fourth-order valence-electron chi connectivity index (χ4n) is 3.02. The zero-order valence-electron chi connectivity index (χ0n) is 15.6. The summed E-state index contributed by atoms with van der Waals surface area (Å²) in [6.07, 6.45) is 0.255. The average molecular weight is 352 g/mol. The molecule has 1 aliphatic rings. The number of hydrogen-bond acceptors (Lipinski definition) is 3. The van der Waals surface area contributed by atoms with Crippen LogP contribution in [0.25, 0.3) is 11.1 Å². The second-order valence-electron chi connectivity index (χ2n) is 7.56. The van der Waals surface area contributed by atoms with Crippen LogP contribution in [0, 0.1) is 0 Å². The highest BCUT2D eigenvalue weighted by molar-refractivity contribution is 5.96. The summed E-state index contributed by atoms with van der Waals surface area (Å²) in [5, 5.41) is 5.41. The summed E-state index contributed by atoms with van der Waals surface area (Å²) in [6, 6.07) is 13.5. The Hall–Kier alpha value is -2.82. The molecule has 2 N–H and O–H groups in total. The monoisotopic (exact) mass is 352 g/mol. The zero-order valence-corrected chi connectivity index (χ0v) is 15.6. The molecule has 0 fully saturated rings. The average Bonchev–Trinajstić information content (AvgIpc) is 2.90. The van der Waals surface area contributed by atoms with E-state index in [9.17, 15) is 9.59 Å². The summed E-state index contributed by atoms with van der Waals surface area (Å²) in [4.78, 5) is 24.1. The highest BCUT2D eigenvalue weighted by Gasteiger charge is 2.22. The van der Waals surface area contributed by atoms with Crippen LogP contribution in [0.2, 0.25) is 0 Å². The topological polar surface area (TPSA) is 67.4 Å². The molecule has 0 aliphatic heterocycles. The van der Waals surface area contributed by atoms with Gasteiger partial charge in [-0.15, -0.1) is 0 Å². The lowest BCUT2D eigenvalue weighted by molar-refractivity contribution is -0.117. The SMILES string of the molecule is CC(NC(=O)OC(C)(C)C)C(=O)Nc1ccc2c(c1)Cc1ccccc1-2. The largest absolute Gasteiger partial charge is 0.444 e. The molecule has 0 saturated heterocycles. The third-order valence-electron chi connectivity index (χ3n) is 4.19. The van der Waals surface area contributed by atoms with Gasteiger partial charge in [-0.3, -0.25) is 4.79 Å². The molecule has 0 radical (unpaired) electrons. The minimum atomic E-state index is -0.699. The number of carbonyl (C=O) groups is 2. The van der Waals surface area contributed by atoms with E-state index in [0.29, 0.717) is 0 Å². The van der Waals surface area contributed by atoms with E-state index in [1.165, 1.54) is 22.3 Å². The van der Waals surface area contributed by atoms with Gasteiger partial charge in [0, 0.05) is 5.69 Å². The maximum atomic E-state index is 12.4. The molecule has 3 rings (SSSR count). The molecule has 2 aromatic carbocycles. The van der Waals surface area contributed by atoms with Crippen molar-refractivity contribution in [3.8, 4) is 11.1 Å². The van der Waals surface area contributed by atoms with Crippen LogP contribution in [-0.4, -0.2) is 23.6 Å². The van der Waals surface area contributed by atoms with Gasteiger partial charge >= 0.3 is 6.09 Å². The number of hydrogen-bond donors (Lipinski definition) is 2. The van der Waals surface area contributed by atoms with Crippen molar-refractivity contribution in [2.75, 3.05) is 5.32 Å². The smallest absolute Gasteiger partial charge is 0.408 e. The number of ether oxygens (including phenoxy) is 1. The van der Waals surface area contributed by atoms with Crippen molar-refractivity contribution in [1.82, 2.24) is 5.32 Å². The molecule has 26 heavy (non-hydrogen) atoms. The number of nitrogens with one attached hydrogen (secondary N) is 2. The van der Waals surface area contributed by atoms with Gasteiger partial charge in [-0.2, -0.15) is 0 Å². The van der Waals surface area contributed by atoms with Gasteiger partial charge in [0.25, 0.3) is 0 Å². The molecule has 0 saturated carbocycles. The molecule has 0 aromatic heterocycles. The standard InChI is InChI=1S/C21H24N2O3/c1-13(22-20(25)26-21(2,3)4)19(24)23-16-9-10-18-15(12-16)11-14-7-5-6-8-17(14)18/h5-10,12-13H,11H2,1-4H3,(H,22,25)(H,23,24). The third-order valence-corrected chi connectivity index (χ3v) is 4.19. The number of carbonyl (C=O) groups excluding carboxylic acids is 2. The first-order valence-electron chi connectivity index (χ1n) is 8.74. The van der Waals surface area contributed by atoms with E-state index in [0.717, 1.165) is 12.1 Å². The van der Waals surface area contributed by atoms with Gasteiger partial charge in [-0.1, -0.05) is 30.3 Å². The van der Waals surface area contributed by atoms with E-state index in [4.69, 9.17) is 4.74 Å². The highest BCUT2D eigenvalue weighted by atomic mass is 16.6. The summed E-state index contributed by atoms with van der Waals surface area (Å²) in [5.74, 6) is -0.286. The van der Waals surface area contributed by atoms with Crippen LogP contribution in [0.1, 0.15) is 38.8 Å². The lowest BCUT2D eigenvalue weighted by Crippen LogP contribution is -2.43. The van der Waals surface area contributed by atoms with Crippen LogP contribution in [-0.2, 0) is 16.0 Å². The van der Waals surface area contributed by atoms with Crippen LogP contribution in [0.4, 0.5) is 10.5 Å². The van der Waals surface area contributed by atoms with E-state index in [-0.39, 0.29) is 5.91 Å². The van der Waals surface area contributed by atoms with Crippen molar-refractivity contribution in [3.63, 3.8) is 0 Å². The molecular weight excluding hydrogens is 328 g/mol. The van der Waals surface area contributed by atoms with Crippen molar-refractivity contribution in [1.29, 1.82) is 0 Å². The Balaban J connectivity index is 1.64. The molecule has 5 nitrogen and oxygen atoms in total. The van der Waals surface area contributed by atoms with E-state index < -0.39 is 17.7 Å². The van der Waals surface area contributed by atoms with Gasteiger partial charge in [-0.25, -0.2) is 4.79 Å². The molecule has 5 heteroatoms. The quantitative estimate of drug-likeness (QED) is 0.745. The van der Waals surface area contributed by atoms with Crippen LogP contribution >= 0.6 is 0 Å². The molecule has 1 aliphatic carbocycles. The fourth-order valence-corrected chi connectivity index (χ4v) is 3.02. The van der Waals surface area contributed by atoms with Crippen molar-refractivity contribution >= 4 is 17.7 Å².